The second-order valence-corrected chi connectivity index (χ2v) is 5.58. The van der Waals surface area contributed by atoms with Crippen LogP contribution in [0.5, 0.6) is 0 Å². The lowest BCUT2D eigenvalue weighted by Crippen LogP contribution is -2.07. The van der Waals surface area contributed by atoms with Gasteiger partial charge in [0.1, 0.15) is 12.1 Å². The maximum Gasteiger partial charge on any atom is 0.133 e. The van der Waals surface area contributed by atoms with Crippen LogP contribution < -0.4 is 5.32 Å². The molecule has 0 unspecified atom stereocenters. The zero-order valence-electron chi connectivity index (χ0n) is 13.7. The molecule has 0 fully saturated rings. The Morgan fingerprint density at radius 3 is 2.33 bits per heavy atom. The number of nitrogens with one attached hydrogen (secondary N) is 1. The highest BCUT2D eigenvalue weighted by Gasteiger charge is 2.14. The molecule has 0 aliphatic rings. The molecular weight excluding hydrogens is 258 g/mol. The number of benzene rings is 1. The van der Waals surface area contributed by atoms with Crippen LogP contribution >= 0.6 is 0 Å². The van der Waals surface area contributed by atoms with Crippen molar-refractivity contribution in [2.75, 3.05) is 11.9 Å². The molecule has 1 N–H and O–H groups in total. The first kappa shape index (κ1) is 15.5. The number of aromatic nitrogens is 2. The van der Waals surface area contributed by atoms with Gasteiger partial charge in [0.05, 0.1) is 5.69 Å². The monoisotopic (exact) mass is 283 g/mol. The van der Waals surface area contributed by atoms with E-state index >= 15 is 0 Å². The highest BCUT2D eigenvalue weighted by Crippen LogP contribution is 2.31. The number of hydrogen-bond donors (Lipinski definition) is 1. The molecule has 3 heteroatoms. The lowest BCUT2D eigenvalue weighted by atomic mass is 9.95. The van der Waals surface area contributed by atoms with Gasteiger partial charge >= 0.3 is 0 Å². The van der Waals surface area contributed by atoms with E-state index < -0.39 is 0 Å². The Kier molecular flexibility index (Phi) is 4.94. The molecule has 2 rings (SSSR count). The van der Waals surface area contributed by atoms with Gasteiger partial charge in [-0.15, -0.1) is 0 Å². The fourth-order valence-corrected chi connectivity index (χ4v) is 2.67. The molecule has 0 radical (unpaired) electrons. The SMILES string of the molecule is CCCc1c(NCC)ncnc1-c1cc(C)c(C)cc1C. The van der Waals surface area contributed by atoms with E-state index in [0.717, 1.165) is 30.9 Å². The first-order chi connectivity index (χ1) is 10.1. The highest BCUT2D eigenvalue weighted by molar-refractivity contribution is 5.72. The Balaban J connectivity index is 2.62. The summed E-state index contributed by atoms with van der Waals surface area (Å²) in [4.78, 5) is 9.01. The lowest BCUT2D eigenvalue weighted by molar-refractivity contribution is 0.901. The first-order valence-corrected chi connectivity index (χ1v) is 7.74. The van der Waals surface area contributed by atoms with Crippen molar-refractivity contribution in [2.24, 2.45) is 0 Å². The molecule has 1 aromatic carbocycles. The smallest absolute Gasteiger partial charge is 0.133 e. The zero-order chi connectivity index (χ0) is 15.4. The lowest BCUT2D eigenvalue weighted by Gasteiger charge is -2.16. The molecule has 1 heterocycles. The summed E-state index contributed by atoms with van der Waals surface area (Å²) in [5, 5.41) is 3.37. The Labute approximate surface area is 127 Å². The molecule has 0 aliphatic carbocycles. The zero-order valence-corrected chi connectivity index (χ0v) is 13.7. The van der Waals surface area contributed by atoms with Gasteiger partial charge in [-0.1, -0.05) is 19.4 Å². The maximum absolute atomic E-state index is 4.59. The van der Waals surface area contributed by atoms with Gasteiger partial charge in [-0.2, -0.15) is 0 Å². The van der Waals surface area contributed by atoms with Crippen molar-refractivity contribution < 1.29 is 0 Å². The second kappa shape index (κ2) is 6.70. The largest absolute Gasteiger partial charge is 0.370 e. The second-order valence-electron chi connectivity index (χ2n) is 5.58. The summed E-state index contributed by atoms with van der Waals surface area (Å²) in [6.45, 7) is 11.6. The summed E-state index contributed by atoms with van der Waals surface area (Å²) in [5.74, 6) is 0.974. The molecule has 0 atom stereocenters. The van der Waals surface area contributed by atoms with Gasteiger partial charge in [0.15, 0.2) is 0 Å². The van der Waals surface area contributed by atoms with Crippen molar-refractivity contribution in [3.63, 3.8) is 0 Å². The third-order valence-electron chi connectivity index (χ3n) is 3.89. The van der Waals surface area contributed by atoms with Gasteiger partial charge in [-0.3, -0.25) is 0 Å². The normalized spacial score (nSPS) is 10.7. The predicted molar refractivity (Wildman–Crippen MR) is 89.8 cm³/mol. The van der Waals surface area contributed by atoms with E-state index in [1.807, 2.05) is 0 Å². The van der Waals surface area contributed by atoms with Crippen molar-refractivity contribution in [1.29, 1.82) is 0 Å². The topological polar surface area (TPSA) is 37.8 Å². The molecule has 112 valence electrons. The Morgan fingerprint density at radius 1 is 0.952 bits per heavy atom. The average Bonchev–Trinajstić information content (AvgIpc) is 2.45. The molecule has 2 aromatic rings. The minimum atomic E-state index is 0.874. The summed E-state index contributed by atoms with van der Waals surface area (Å²) < 4.78 is 0. The number of nitrogens with zero attached hydrogens (tertiary/aromatic N) is 2. The average molecular weight is 283 g/mol. The fraction of sp³-hybridized carbons (Fsp3) is 0.444. The van der Waals surface area contributed by atoms with Crippen molar-refractivity contribution in [2.45, 2.75) is 47.5 Å². The van der Waals surface area contributed by atoms with Crippen LogP contribution in [-0.2, 0) is 6.42 Å². The Bertz CT molecular complexity index is 633. The van der Waals surface area contributed by atoms with Crippen molar-refractivity contribution in [3.05, 3.63) is 40.7 Å². The Hall–Kier alpha value is -1.90. The third kappa shape index (κ3) is 3.23. The highest BCUT2D eigenvalue weighted by atomic mass is 15.0. The van der Waals surface area contributed by atoms with E-state index in [2.05, 4.69) is 62.0 Å². The first-order valence-electron chi connectivity index (χ1n) is 7.74. The fourth-order valence-electron chi connectivity index (χ4n) is 2.67. The molecule has 0 saturated heterocycles. The molecular formula is C18H25N3. The van der Waals surface area contributed by atoms with E-state index in [1.54, 1.807) is 6.33 Å². The number of anilines is 1. The maximum atomic E-state index is 4.59. The van der Waals surface area contributed by atoms with Crippen LogP contribution in [-0.4, -0.2) is 16.5 Å². The summed E-state index contributed by atoms with van der Waals surface area (Å²) in [6.07, 6.45) is 3.74. The summed E-state index contributed by atoms with van der Waals surface area (Å²) in [6, 6.07) is 4.50. The molecule has 21 heavy (non-hydrogen) atoms. The van der Waals surface area contributed by atoms with Gasteiger partial charge in [0.25, 0.3) is 0 Å². The number of aryl methyl sites for hydroxylation is 3. The summed E-state index contributed by atoms with van der Waals surface area (Å²) in [5.41, 5.74) is 7.44. The van der Waals surface area contributed by atoms with Gasteiger partial charge in [0, 0.05) is 17.7 Å². The molecule has 1 aromatic heterocycles. The van der Waals surface area contributed by atoms with Crippen LogP contribution in [0.1, 0.15) is 42.5 Å². The number of rotatable bonds is 5. The van der Waals surface area contributed by atoms with E-state index in [1.165, 1.54) is 27.8 Å². The van der Waals surface area contributed by atoms with E-state index in [-0.39, 0.29) is 0 Å². The standard InChI is InChI=1S/C18H25N3/c1-6-8-15-17(20-11-21-18(15)19-7-2)16-10-13(4)12(3)9-14(16)5/h9-11H,6-8H2,1-5H3,(H,19,20,21). The van der Waals surface area contributed by atoms with Crippen molar-refractivity contribution >= 4 is 5.82 Å². The quantitative estimate of drug-likeness (QED) is 0.880. The Morgan fingerprint density at radius 2 is 1.67 bits per heavy atom. The van der Waals surface area contributed by atoms with Crippen molar-refractivity contribution in [1.82, 2.24) is 9.97 Å². The van der Waals surface area contributed by atoms with Gasteiger partial charge in [-0.25, -0.2) is 9.97 Å². The summed E-state index contributed by atoms with van der Waals surface area (Å²) in [7, 11) is 0. The molecule has 0 aliphatic heterocycles. The minimum absolute atomic E-state index is 0.874. The van der Waals surface area contributed by atoms with E-state index in [4.69, 9.17) is 0 Å². The van der Waals surface area contributed by atoms with Gasteiger partial charge in [-0.05, 0) is 56.9 Å². The minimum Gasteiger partial charge on any atom is -0.370 e. The third-order valence-corrected chi connectivity index (χ3v) is 3.89. The van der Waals surface area contributed by atoms with Crippen LogP contribution in [0.4, 0.5) is 5.82 Å². The number of hydrogen-bond acceptors (Lipinski definition) is 3. The molecule has 0 saturated carbocycles. The van der Waals surface area contributed by atoms with Crippen LogP contribution in [0.25, 0.3) is 11.3 Å². The van der Waals surface area contributed by atoms with Crippen LogP contribution in [0.15, 0.2) is 18.5 Å². The molecule has 3 nitrogen and oxygen atoms in total. The van der Waals surface area contributed by atoms with Gasteiger partial charge < -0.3 is 5.32 Å². The summed E-state index contributed by atoms with van der Waals surface area (Å²) >= 11 is 0. The molecule has 0 bridgehead atoms. The predicted octanol–water partition coefficient (Wildman–Crippen LogP) is 4.45. The van der Waals surface area contributed by atoms with E-state index in [0.29, 0.717) is 0 Å². The van der Waals surface area contributed by atoms with E-state index in [9.17, 15) is 0 Å². The van der Waals surface area contributed by atoms with Gasteiger partial charge in [0.2, 0.25) is 0 Å². The van der Waals surface area contributed by atoms with Crippen LogP contribution in [0.3, 0.4) is 0 Å². The van der Waals surface area contributed by atoms with Crippen LogP contribution in [0, 0.1) is 20.8 Å². The molecule has 0 amide bonds. The molecule has 0 spiro atoms. The van der Waals surface area contributed by atoms with Crippen LogP contribution in [0.2, 0.25) is 0 Å². The van der Waals surface area contributed by atoms with Crippen molar-refractivity contribution in [3.8, 4) is 11.3 Å².